The van der Waals surface area contributed by atoms with Crippen LogP contribution in [0.1, 0.15) is 12.8 Å². The highest BCUT2D eigenvalue weighted by molar-refractivity contribution is 6.04. The molecule has 1 saturated carbocycles. The molecule has 1 N–H and O–H groups in total. The van der Waals surface area contributed by atoms with E-state index in [1.54, 1.807) is 24.5 Å². The van der Waals surface area contributed by atoms with Gasteiger partial charge in [0.25, 0.3) is 12.4 Å². The van der Waals surface area contributed by atoms with Crippen LogP contribution in [0.3, 0.4) is 0 Å². The predicted octanol–water partition coefficient (Wildman–Crippen LogP) is 1.53. The maximum atomic E-state index is 12.2. The number of carbonyl (C=O) groups excluding carboxylic acids is 2. The molecule has 1 fully saturated rings. The Morgan fingerprint density at radius 1 is 1.47 bits per heavy atom. The largest absolute Gasteiger partial charge is 0.464 e. The number of aromatic nitrogens is 1. The normalized spacial score (nSPS) is 27.8. The number of nitrogens with zero attached hydrogens (tertiary/aromatic N) is 1. The minimum atomic E-state index is -0.151. The zero-order chi connectivity index (χ0) is 13.2. The summed E-state index contributed by atoms with van der Waals surface area (Å²) in [5, 5.41) is 2.82. The van der Waals surface area contributed by atoms with Crippen LogP contribution in [0, 0.1) is 11.8 Å². The summed E-state index contributed by atoms with van der Waals surface area (Å²) in [4.78, 5) is 26.6. The minimum absolute atomic E-state index is 0.0341. The third kappa shape index (κ3) is 2.23. The summed E-state index contributed by atoms with van der Waals surface area (Å²) in [6.07, 6.45) is 6.83. The quantitative estimate of drug-likeness (QED) is 0.831. The van der Waals surface area contributed by atoms with E-state index in [4.69, 9.17) is 4.74 Å². The van der Waals surface area contributed by atoms with E-state index in [2.05, 4.69) is 10.3 Å². The van der Waals surface area contributed by atoms with Crippen LogP contribution in [0.25, 0.3) is 0 Å². The molecular formula is C14H14N2O3. The van der Waals surface area contributed by atoms with Gasteiger partial charge in [0, 0.05) is 17.7 Å². The predicted molar refractivity (Wildman–Crippen MR) is 68.1 cm³/mol. The first-order valence-corrected chi connectivity index (χ1v) is 6.30. The molecule has 0 radical (unpaired) electrons. The number of rotatable bonds is 4. The summed E-state index contributed by atoms with van der Waals surface area (Å²) in [6.45, 7) is 0.474. The van der Waals surface area contributed by atoms with Crippen molar-refractivity contribution in [2.24, 2.45) is 11.8 Å². The number of anilines is 1. The first-order valence-electron chi connectivity index (χ1n) is 6.30. The molecule has 0 saturated heterocycles. The molecule has 0 spiro atoms. The Balaban J connectivity index is 1.71. The van der Waals surface area contributed by atoms with Crippen LogP contribution in [-0.2, 0) is 14.3 Å². The molecule has 1 aromatic rings. The highest BCUT2D eigenvalue weighted by Crippen LogP contribution is 2.45. The molecule has 3 rings (SSSR count). The number of nitrogens with one attached hydrogen (secondary N) is 1. The van der Waals surface area contributed by atoms with Crippen LogP contribution < -0.4 is 5.32 Å². The first kappa shape index (κ1) is 11.9. The topological polar surface area (TPSA) is 68.3 Å². The van der Waals surface area contributed by atoms with Crippen LogP contribution in [0.15, 0.2) is 36.2 Å². The molecule has 2 aliphatic carbocycles. The summed E-state index contributed by atoms with van der Waals surface area (Å²) < 4.78 is 5.05. The molecule has 5 nitrogen and oxygen atoms in total. The van der Waals surface area contributed by atoms with Gasteiger partial charge in [0.05, 0.1) is 11.9 Å². The van der Waals surface area contributed by atoms with E-state index in [1.807, 2.05) is 6.08 Å². The van der Waals surface area contributed by atoms with Crippen molar-refractivity contribution in [2.75, 3.05) is 5.32 Å². The van der Waals surface area contributed by atoms with Gasteiger partial charge in [-0.1, -0.05) is 6.08 Å². The van der Waals surface area contributed by atoms with Gasteiger partial charge in [-0.25, -0.2) is 0 Å². The fraction of sp³-hybridized carbons (Fsp3) is 0.357. The zero-order valence-electron chi connectivity index (χ0n) is 10.3. The summed E-state index contributed by atoms with van der Waals surface area (Å²) in [6, 6.07) is 3.56. The van der Waals surface area contributed by atoms with Crippen LogP contribution in [0.4, 0.5) is 5.69 Å². The Bertz CT molecular complexity index is 527. The molecule has 5 heteroatoms. The summed E-state index contributed by atoms with van der Waals surface area (Å²) >= 11 is 0. The number of hydrogen-bond donors (Lipinski definition) is 1. The third-order valence-electron chi connectivity index (χ3n) is 3.77. The number of fused-ring (bicyclic) bond motifs is 2. The Morgan fingerprint density at radius 3 is 3.05 bits per heavy atom. The Hall–Kier alpha value is -2.17. The molecule has 3 unspecified atom stereocenters. The molecule has 1 amide bonds. The van der Waals surface area contributed by atoms with Crippen LogP contribution in [-0.4, -0.2) is 23.5 Å². The molecule has 0 aliphatic heterocycles. The van der Waals surface area contributed by atoms with Crippen LogP contribution in [0.5, 0.6) is 0 Å². The van der Waals surface area contributed by atoms with Crippen molar-refractivity contribution in [3.8, 4) is 0 Å². The van der Waals surface area contributed by atoms with Gasteiger partial charge >= 0.3 is 0 Å². The maximum absolute atomic E-state index is 12.2. The highest BCUT2D eigenvalue weighted by atomic mass is 16.5. The second-order valence-corrected chi connectivity index (χ2v) is 4.93. The van der Waals surface area contributed by atoms with Gasteiger partial charge in [-0.2, -0.15) is 0 Å². The minimum Gasteiger partial charge on any atom is -0.464 e. The molecule has 0 aromatic carbocycles. The van der Waals surface area contributed by atoms with Gasteiger partial charge in [0.2, 0.25) is 0 Å². The smallest absolute Gasteiger partial charge is 0.293 e. The van der Waals surface area contributed by atoms with Gasteiger partial charge in [0.1, 0.15) is 6.10 Å². The SMILES string of the molecule is O=COC1CC2C=C(C(=O)Nc3cccnc3)C1C2. The highest BCUT2D eigenvalue weighted by Gasteiger charge is 2.44. The summed E-state index contributed by atoms with van der Waals surface area (Å²) in [5.74, 6) is 0.260. The lowest BCUT2D eigenvalue weighted by molar-refractivity contribution is -0.135. The van der Waals surface area contributed by atoms with E-state index in [9.17, 15) is 9.59 Å². The van der Waals surface area contributed by atoms with Gasteiger partial charge in [0.15, 0.2) is 0 Å². The molecule has 2 aliphatic rings. The number of pyridine rings is 1. The molecular weight excluding hydrogens is 244 g/mol. The Morgan fingerprint density at radius 2 is 2.37 bits per heavy atom. The molecule has 2 bridgehead atoms. The molecule has 19 heavy (non-hydrogen) atoms. The number of hydrogen-bond acceptors (Lipinski definition) is 4. The van der Waals surface area contributed by atoms with E-state index in [-0.39, 0.29) is 17.9 Å². The molecule has 1 aromatic heterocycles. The summed E-state index contributed by atoms with van der Waals surface area (Å²) in [7, 11) is 0. The van der Waals surface area contributed by atoms with Gasteiger partial charge in [-0.05, 0) is 30.9 Å². The molecule has 1 heterocycles. The number of allylic oxidation sites excluding steroid dienone is 1. The van der Waals surface area contributed by atoms with Crippen molar-refractivity contribution in [2.45, 2.75) is 18.9 Å². The standard InChI is InChI=1S/C14H14N2O3/c17-8-19-13-6-9-4-11(13)12(5-9)14(18)16-10-2-1-3-15-7-10/h1-3,5,7-9,11,13H,4,6H2,(H,16,18). The van der Waals surface area contributed by atoms with Crippen LogP contribution in [0.2, 0.25) is 0 Å². The monoisotopic (exact) mass is 258 g/mol. The molecule has 3 atom stereocenters. The average Bonchev–Trinajstić information content (AvgIpc) is 3.00. The Kier molecular flexibility index (Phi) is 3.03. The van der Waals surface area contributed by atoms with E-state index < -0.39 is 0 Å². The van der Waals surface area contributed by atoms with Crippen LogP contribution >= 0.6 is 0 Å². The number of amides is 1. The summed E-state index contributed by atoms with van der Waals surface area (Å²) in [5.41, 5.74) is 1.40. The lowest BCUT2D eigenvalue weighted by atomic mass is 9.95. The van der Waals surface area contributed by atoms with Crippen molar-refractivity contribution in [1.82, 2.24) is 4.98 Å². The third-order valence-corrected chi connectivity index (χ3v) is 3.77. The average molecular weight is 258 g/mol. The second kappa shape index (κ2) is 4.84. The van der Waals surface area contributed by atoms with Gasteiger partial charge in [-0.3, -0.25) is 14.6 Å². The van der Waals surface area contributed by atoms with E-state index in [0.717, 1.165) is 18.4 Å². The first-order chi connectivity index (χ1) is 9.28. The zero-order valence-corrected chi connectivity index (χ0v) is 10.3. The van der Waals surface area contributed by atoms with E-state index in [1.165, 1.54) is 0 Å². The number of ether oxygens (including phenoxy) is 1. The van der Waals surface area contributed by atoms with Crippen molar-refractivity contribution >= 4 is 18.1 Å². The van der Waals surface area contributed by atoms with Gasteiger partial charge < -0.3 is 10.1 Å². The second-order valence-electron chi connectivity index (χ2n) is 4.93. The molecule has 98 valence electrons. The van der Waals surface area contributed by atoms with Crippen molar-refractivity contribution in [1.29, 1.82) is 0 Å². The van der Waals surface area contributed by atoms with E-state index >= 15 is 0 Å². The lowest BCUT2D eigenvalue weighted by Gasteiger charge is -2.21. The van der Waals surface area contributed by atoms with Crippen molar-refractivity contribution in [3.05, 3.63) is 36.2 Å². The fourth-order valence-electron chi connectivity index (χ4n) is 2.98. The maximum Gasteiger partial charge on any atom is 0.293 e. The number of carbonyl (C=O) groups is 2. The van der Waals surface area contributed by atoms with E-state index in [0.29, 0.717) is 18.1 Å². The Labute approximate surface area is 110 Å². The van der Waals surface area contributed by atoms with Gasteiger partial charge in [-0.15, -0.1) is 0 Å². The fourth-order valence-corrected chi connectivity index (χ4v) is 2.98. The van der Waals surface area contributed by atoms with Crippen molar-refractivity contribution < 1.29 is 14.3 Å². The lowest BCUT2D eigenvalue weighted by Crippen LogP contribution is -2.27. The van der Waals surface area contributed by atoms with Crippen molar-refractivity contribution in [3.63, 3.8) is 0 Å².